The highest BCUT2D eigenvalue weighted by Gasteiger charge is 2.22. The number of nitrogens with one attached hydrogen (secondary N) is 2. The number of benzene rings is 2. The molecule has 0 saturated heterocycles. The lowest BCUT2D eigenvalue weighted by molar-refractivity contribution is -0.118. The maximum absolute atomic E-state index is 12.8. The molecule has 0 bridgehead atoms. The second kappa shape index (κ2) is 10.0. The first-order chi connectivity index (χ1) is 14.1. The number of carbonyl (C=O) groups is 2. The lowest BCUT2D eigenvalue weighted by Gasteiger charge is -2.18. The Bertz CT molecular complexity index is 929. The van der Waals surface area contributed by atoms with Crippen molar-refractivity contribution in [3.05, 3.63) is 95.7 Å². The Morgan fingerprint density at radius 2 is 1.59 bits per heavy atom. The van der Waals surface area contributed by atoms with Crippen molar-refractivity contribution in [2.45, 2.75) is 26.0 Å². The van der Waals surface area contributed by atoms with Gasteiger partial charge in [0.2, 0.25) is 5.91 Å². The number of alkyl carbamates (subject to hydrolysis) is 1. The van der Waals surface area contributed by atoms with Crippen LogP contribution in [-0.2, 0) is 22.6 Å². The quantitative estimate of drug-likeness (QED) is 0.643. The molecular weight excluding hydrogens is 366 g/mol. The summed E-state index contributed by atoms with van der Waals surface area (Å²) in [7, 11) is 0. The van der Waals surface area contributed by atoms with Gasteiger partial charge in [0.05, 0.1) is 0 Å². The summed E-state index contributed by atoms with van der Waals surface area (Å²) in [6.45, 7) is 2.05. The van der Waals surface area contributed by atoms with Gasteiger partial charge in [0.15, 0.2) is 0 Å². The average molecular weight is 389 g/mol. The van der Waals surface area contributed by atoms with E-state index in [1.54, 1.807) is 12.3 Å². The third-order valence-corrected chi connectivity index (χ3v) is 4.27. The number of hydrogen-bond donors (Lipinski definition) is 2. The van der Waals surface area contributed by atoms with Crippen molar-refractivity contribution < 1.29 is 14.3 Å². The van der Waals surface area contributed by atoms with Gasteiger partial charge in [-0.2, -0.15) is 0 Å². The van der Waals surface area contributed by atoms with Crippen LogP contribution in [0.2, 0.25) is 0 Å². The number of hydrogen-bond acceptors (Lipinski definition) is 4. The van der Waals surface area contributed by atoms with Gasteiger partial charge >= 0.3 is 6.09 Å². The second-order valence-corrected chi connectivity index (χ2v) is 6.66. The molecule has 3 aromatic rings. The number of carbonyl (C=O) groups excluding carboxylic acids is 2. The fourth-order valence-corrected chi connectivity index (χ4v) is 2.72. The molecule has 0 aliphatic heterocycles. The van der Waals surface area contributed by atoms with Crippen LogP contribution in [0.4, 0.5) is 10.6 Å². The molecule has 3 rings (SSSR count). The molecule has 2 N–H and O–H groups in total. The number of nitrogens with zero attached hydrogens (tertiary/aromatic N) is 1. The summed E-state index contributed by atoms with van der Waals surface area (Å²) in [4.78, 5) is 29.3. The van der Waals surface area contributed by atoms with E-state index in [4.69, 9.17) is 4.74 Å². The Morgan fingerprint density at radius 3 is 2.21 bits per heavy atom. The van der Waals surface area contributed by atoms with Gasteiger partial charge in [0, 0.05) is 12.6 Å². The zero-order valence-electron chi connectivity index (χ0n) is 16.2. The number of pyridine rings is 1. The van der Waals surface area contributed by atoms with Gasteiger partial charge in [-0.3, -0.25) is 4.79 Å². The molecule has 0 radical (unpaired) electrons. The molecule has 29 heavy (non-hydrogen) atoms. The highest BCUT2D eigenvalue weighted by atomic mass is 16.5. The Kier molecular flexibility index (Phi) is 6.95. The summed E-state index contributed by atoms with van der Waals surface area (Å²) in [5.74, 6) is 0.0694. The standard InChI is InChI=1S/C23H23N3O3/c1-17-12-13-21(24-15-17)26-22(27)20(14-18-8-4-2-5-9-18)25-23(28)29-16-19-10-6-3-7-11-19/h2-13,15,20H,14,16H2,1H3,(H,25,28)(H,24,26,27). The Labute approximate surface area is 169 Å². The van der Waals surface area contributed by atoms with Crippen molar-refractivity contribution in [2.24, 2.45) is 0 Å². The van der Waals surface area contributed by atoms with Crippen LogP contribution >= 0.6 is 0 Å². The predicted octanol–water partition coefficient (Wildman–Crippen LogP) is 3.87. The van der Waals surface area contributed by atoms with Gasteiger partial charge in [-0.05, 0) is 29.7 Å². The molecule has 148 valence electrons. The molecule has 2 amide bonds. The molecule has 1 atom stereocenters. The number of anilines is 1. The van der Waals surface area contributed by atoms with E-state index in [-0.39, 0.29) is 12.5 Å². The lowest BCUT2D eigenvalue weighted by atomic mass is 10.1. The number of aromatic nitrogens is 1. The monoisotopic (exact) mass is 389 g/mol. The zero-order valence-corrected chi connectivity index (χ0v) is 16.2. The van der Waals surface area contributed by atoms with Crippen LogP contribution in [0.25, 0.3) is 0 Å². The molecule has 2 aromatic carbocycles. The molecule has 0 saturated carbocycles. The van der Waals surface area contributed by atoms with Crippen molar-refractivity contribution in [1.29, 1.82) is 0 Å². The van der Waals surface area contributed by atoms with Crippen molar-refractivity contribution in [2.75, 3.05) is 5.32 Å². The summed E-state index contributed by atoms with van der Waals surface area (Å²) >= 11 is 0. The fraction of sp³-hybridized carbons (Fsp3) is 0.174. The van der Waals surface area contributed by atoms with Gasteiger partial charge in [-0.25, -0.2) is 9.78 Å². The normalized spacial score (nSPS) is 11.3. The van der Waals surface area contributed by atoms with Crippen LogP contribution in [0, 0.1) is 6.92 Å². The van der Waals surface area contributed by atoms with E-state index in [1.165, 1.54) is 0 Å². The van der Waals surface area contributed by atoms with E-state index < -0.39 is 12.1 Å². The van der Waals surface area contributed by atoms with E-state index in [0.717, 1.165) is 16.7 Å². The minimum Gasteiger partial charge on any atom is -0.445 e. The minimum absolute atomic E-state index is 0.131. The molecule has 1 unspecified atom stereocenters. The third kappa shape index (κ3) is 6.46. The number of ether oxygens (including phenoxy) is 1. The Balaban J connectivity index is 1.65. The topological polar surface area (TPSA) is 80.3 Å². The summed E-state index contributed by atoms with van der Waals surface area (Å²) in [6, 6.07) is 21.6. The maximum atomic E-state index is 12.8. The van der Waals surface area contributed by atoms with Crippen LogP contribution in [0.15, 0.2) is 79.0 Å². The molecule has 6 heteroatoms. The maximum Gasteiger partial charge on any atom is 0.408 e. The highest BCUT2D eigenvalue weighted by Crippen LogP contribution is 2.09. The highest BCUT2D eigenvalue weighted by molar-refractivity contribution is 5.96. The van der Waals surface area contributed by atoms with Crippen LogP contribution in [0.1, 0.15) is 16.7 Å². The van der Waals surface area contributed by atoms with Crippen molar-refractivity contribution in [3.63, 3.8) is 0 Å². The van der Waals surface area contributed by atoms with E-state index >= 15 is 0 Å². The first-order valence-corrected chi connectivity index (χ1v) is 9.35. The van der Waals surface area contributed by atoms with Crippen LogP contribution in [0.3, 0.4) is 0 Å². The van der Waals surface area contributed by atoms with E-state index in [9.17, 15) is 9.59 Å². The molecular formula is C23H23N3O3. The van der Waals surface area contributed by atoms with Gasteiger partial charge in [0.25, 0.3) is 0 Å². The average Bonchev–Trinajstić information content (AvgIpc) is 2.75. The van der Waals surface area contributed by atoms with E-state index in [2.05, 4.69) is 15.6 Å². The largest absolute Gasteiger partial charge is 0.445 e. The Morgan fingerprint density at radius 1 is 0.931 bits per heavy atom. The van der Waals surface area contributed by atoms with Crippen LogP contribution in [-0.4, -0.2) is 23.0 Å². The van der Waals surface area contributed by atoms with Crippen molar-refractivity contribution >= 4 is 17.8 Å². The van der Waals surface area contributed by atoms with Crippen molar-refractivity contribution in [1.82, 2.24) is 10.3 Å². The number of amides is 2. The van der Waals surface area contributed by atoms with E-state index in [1.807, 2.05) is 73.7 Å². The van der Waals surface area contributed by atoms with Crippen LogP contribution in [0.5, 0.6) is 0 Å². The Hall–Kier alpha value is -3.67. The van der Waals surface area contributed by atoms with Gasteiger partial charge < -0.3 is 15.4 Å². The first kappa shape index (κ1) is 20.1. The lowest BCUT2D eigenvalue weighted by Crippen LogP contribution is -2.45. The SMILES string of the molecule is Cc1ccc(NC(=O)C(Cc2ccccc2)NC(=O)OCc2ccccc2)nc1. The van der Waals surface area contributed by atoms with Crippen molar-refractivity contribution in [3.8, 4) is 0 Å². The van der Waals surface area contributed by atoms with Crippen LogP contribution < -0.4 is 10.6 Å². The van der Waals surface area contributed by atoms with Gasteiger partial charge in [0.1, 0.15) is 18.5 Å². The summed E-state index contributed by atoms with van der Waals surface area (Å²) < 4.78 is 5.27. The van der Waals surface area contributed by atoms with Gasteiger partial charge in [-0.15, -0.1) is 0 Å². The minimum atomic E-state index is -0.802. The molecule has 6 nitrogen and oxygen atoms in total. The third-order valence-electron chi connectivity index (χ3n) is 4.27. The summed E-state index contributed by atoms with van der Waals surface area (Å²) in [5.41, 5.74) is 2.79. The zero-order chi connectivity index (χ0) is 20.5. The molecule has 0 aliphatic rings. The number of rotatable bonds is 7. The summed E-state index contributed by atoms with van der Waals surface area (Å²) in [5, 5.41) is 5.41. The molecule has 1 heterocycles. The van der Waals surface area contributed by atoms with Gasteiger partial charge in [-0.1, -0.05) is 66.7 Å². The molecule has 0 fully saturated rings. The smallest absolute Gasteiger partial charge is 0.408 e. The number of aryl methyl sites for hydroxylation is 1. The summed E-state index contributed by atoms with van der Waals surface area (Å²) in [6.07, 6.45) is 1.35. The predicted molar refractivity (Wildman–Crippen MR) is 111 cm³/mol. The van der Waals surface area contributed by atoms with E-state index in [0.29, 0.717) is 12.2 Å². The molecule has 1 aromatic heterocycles. The fourth-order valence-electron chi connectivity index (χ4n) is 2.72. The second-order valence-electron chi connectivity index (χ2n) is 6.66. The molecule has 0 aliphatic carbocycles. The molecule has 0 spiro atoms. The first-order valence-electron chi connectivity index (χ1n) is 9.35.